The van der Waals surface area contributed by atoms with E-state index in [0.29, 0.717) is 34.2 Å². The Bertz CT molecular complexity index is 952. The van der Waals surface area contributed by atoms with E-state index < -0.39 is 10.9 Å². The maximum Gasteiger partial charge on any atom is 0.340 e. The van der Waals surface area contributed by atoms with E-state index >= 15 is 0 Å². The third-order valence-corrected chi connectivity index (χ3v) is 6.87. The summed E-state index contributed by atoms with van der Waals surface area (Å²) in [6.45, 7) is 6.94. The number of aryl methyl sites for hydroxylation is 1. The van der Waals surface area contributed by atoms with Crippen LogP contribution in [0.3, 0.4) is 0 Å². The number of amides is 1. The number of nitrogens with zero attached hydrogens (tertiary/aromatic N) is 3. The molecule has 2 heterocycles. The second-order valence-corrected chi connectivity index (χ2v) is 9.76. The van der Waals surface area contributed by atoms with Crippen LogP contribution in [0.25, 0.3) is 0 Å². The molecule has 0 saturated carbocycles. The predicted molar refractivity (Wildman–Crippen MR) is 114 cm³/mol. The van der Waals surface area contributed by atoms with Gasteiger partial charge >= 0.3 is 5.97 Å². The van der Waals surface area contributed by atoms with Crippen LogP contribution in [-0.2, 0) is 9.53 Å². The van der Waals surface area contributed by atoms with E-state index in [-0.39, 0.29) is 23.8 Å². The number of hydrogen-bond acceptors (Lipinski definition) is 8. The van der Waals surface area contributed by atoms with Gasteiger partial charge in [0.25, 0.3) is 11.6 Å². The Kier molecular flexibility index (Phi) is 7.09. The van der Waals surface area contributed by atoms with Gasteiger partial charge in [0.15, 0.2) is 10.9 Å². The first kappa shape index (κ1) is 22.2. The molecular weight excluding hydrogens is 426 g/mol. The van der Waals surface area contributed by atoms with Crippen LogP contribution in [0.1, 0.15) is 36.3 Å². The molecular formula is C20H23N3O5S2. The molecule has 1 saturated heterocycles. The molecule has 1 aromatic carbocycles. The summed E-state index contributed by atoms with van der Waals surface area (Å²) in [6.07, 6.45) is 1.06. The van der Waals surface area contributed by atoms with Gasteiger partial charge in [0.2, 0.25) is 0 Å². The Balaban J connectivity index is 1.73. The fourth-order valence-corrected chi connectivity index (χ4v) is 5.41. The number of esters is 1. The molecule has 0 radical (unpaired) electrons. The maximum absolute atomic E-state index is 12.7. The molecule has 10 heteroatoms. The number of thiazole rings is 1. The summed E-state index contributed by atoms with van der Waals surface area (Å²) in [7, 11) is 0. The second kappa shape index (κ2) is 9.57. The molecule has 3 rings (SSSR count). The van der Waals surface area contributed by atoms with E-state index in [2.05, 4.69) is 18.8 Å². The van der Waals surface area contributed by atoms with E-state index in [1.807, 2.05) is 12.3 Å². The number of rotatable bonds is 6. The third kappa shape index (κ3) is 5.57. The Morgan fingerprint density at radius 1 is 1.33 bits per heavy atom. The average Bonchev–Trinajstić information content (AvgIpc) is 3.09. The maximum atomic E-state index is 12.7. The number of ether oxygens (including phenoxy) is 1. The molecule has 2 atom stereocenters. The number of carbonyl (C=O) groups is 2. The van der Waals surface area contributed by atoms with Gasteiger partial charge in [0, 0.05) is 41.2 Å². The van der Waals surface area contributed by atoms with Crippen molar-refractivity contribution in [3.63, 3.8) is 0 Å². The molecule has 0 N–H and O–H groups in total. The first-order valence-electron chi connectivity index (χ1n) is 9.56. The molecule has 30 heavy (non-hydrogen) atoms. The van der Waals surface area contributed by atoms with Crippen molar-refractivity contribution in [2.24, 2.45) is 11.8 Å². The third-order valence-electron chi connectivity index (χ3n) is 4.74. The van der Waals surface area contributed by atoms with Crippen molar-refractivity contribution >= 4 is 40.7 Å². The SMILES string of the molecule is Cc1csc(Sc2ccc([N+](=O)[O-])cc2C(=O)OCC(=O)N2CC(C)CC(C)C2)n1. The lowest BCUT2D eigenvalue weighted by Gasteiger charge is -2.34. The summed E-state index contributed by atoms with van der Waals surface area (Å²) in [4.78, 5) is 42.4. The highest BCUT2D eigenvalue weighted by Crippen LogP contribution is 2.34. The Hall–Kier alpha value is -2.46. The highest BCUT2D eigenvalue weighted by atomic mass is 32.2. The highest BCUT2D eigenvalue weighted by molar-refractivity contribution is 8.01. The number of nitro benzene ring substituents is 1. The summed E-state index contributed by atoms with van der Waals surface area (Å²) in [5.41, 5.74) is 0.686. The van der Waals surface area contributed by atoms with Crippen LogP contribution in [0, 0.1) is 28.9 Å². The second-order valence-electron chi connectivity index (χ2n) is 7.62. The molecule has 1 aliphatic rings. The van der Waals surface area contributed by atoms with Gasteiger partial charge in [-0.15, -0.1) is 11.3 Å². The zero-order chi connectivity index (χ0) is 21.8. The summed E-state index contributed by atoms with van der Waals surface area (Å²) in [6, 6.07) is 4.02. The number of nitro groups is 1. The number of non-ortho nitro benzene ring substituents is 1. The van der Waals surface area contributed by atoms with Gasteiger partial charge in [-0.05, 0) is 31.2 Å². The van der Waals surface area contributed by atoms with Gasteiger partial charge in [-0.25, -0.2) is 9.78 Å². The van der Waals surface area contributed by atoms with Gasteiger partial charge < -0.3 is 9.64 Å². The molecule has 1 aromatic heterocycles. The monoisotopic (exact) mass is 449 g/mol. The Morgan fingerprint density at radius 3 is 2.63 bits per heavy atom. The molecule has 8 nitrogen and oxygen atoms in total. The lowest BCUT2D eigenvalue weighted by atomic mass is 9.92. The fourth-order valence-electron chi connectivity index (χ4n) is 3.52. The van der Waals surface area contributed by atoms with Crippen LogP contribution in [0.2, 0.25) is 0 Å². The zero-order valence-electron chi connectivity index (χ0n) is 17.0. The van der Waals surface area contributed by atoms with E-state index in [1.165, 1.54) is 41.3 Å². The molecule has 1 amide bonds. The van der Waals surface area contributed by atoms with E-state index in [0.717, 1.165) is 12.1 Å². The van der Waals surface area contributed by atoms with E-state index in [4.69, 9.17) is 4.74 Å². The van der Waals surface area contributed by atoms with Crippen LogP contribution < -0.4 is 0 Å². The molecule has 160 valence electrons. The molecule has 0 aliphatic carbocycles. The number of hydrogen-bond donors (Lipinski definition) is 0. The summed E-state index contributed by atoms with van der Waals surface area (Å²) >= 11 is 2.65. The number of piperidine rings is 1. The van der Waals surface area contributed by atoms with Crippen molar-refractivity contribution in [1.82, 2.24) is 9.88 Å². The average molecular weight is 450 g/mol. The van der Waals surface area contributed by atoms with Gasteiger partial charge in [-0.2, -0.15) is 0 Å². The molecule has 0 spiro atoms. The van der Waals surface area contributed by atoms with Crippen LogP contribution >= 0.6 is 23.1 Å². The highest BCUT2D eigenvalue weighted by Gasteiger charge is 2.27. The van der Waals surface area contributed by atoms with Crippen molar-refractivity contribution in [1.29, 1.82) is 0 Å². The van der Waals surface area contributed by atoms with Gasteiger partial charge in [0.05, 0.1) is 10.5 Å². The molecule has 0 bridgehead atoms. The molecule has 1 fully saturated rings. The number of aromatic nitrogens is 1. The van der Waals surface area contributed by atoms with Crippen LogP contribution in [0.4, 0.5) is 5.69 Å². The molecule has 1 aliphatic heterocycles. The van der Waals surface area contributed by atoms with Crippen LogP contribution in [0.5, 0.6) is 0 Å². The standard InChI is InChI=1S/C20H23N3O5S2/c1-12-6-13(2)9-22(8-12)18(24)10-28-19(25)16-7-15(23(26)27)4-5-17(16)30-20-21-14(3)11-29-20/h4-5,7,11-13H,6,8-10H2,1-3H3. The van der Waals surface area contributed by atoms with Crippen molar-refractivity contribution in [3.05, 3.63) is 45.0 Å². The first-order valence-corrected chi connectivity index (χ1v) is 11.3. The van der Waals surface area contributed by atoms with Gasteiger partial charge in [0.1, 0.15) is 0 Å². The lowest BCUT2D eigenvalue weighted by Crippen LogP contribution is -2.44. The summed E-state index contributed by atoms with van der Waals surface area (Å²) in [5.74, 6) is -0.220. The zero-order valence-corrected chi connectivity index (χ0v) is 18.6. The van der Waals surface area contributed by atoms with Crippen molar-refractivity contribution in [2.75, 3.05) is 19.7 Å². The minimum absolute atomic E-state index is 0.0511. The lowest BCUT2D eigenvalue weighted by molar-refractivity contribution is -0.384. The van der Waals surface area contributed by atoms with Gasteiger partial charge in [-0.1, -0.05) is 25.6 Å². The summed E-state index contributed by atoms with van der Waals surface area (Å²) in [5, 5.41) is 13.0. The fraction of sp³-hybridized carbons (Fsp3) is 0.450. The van der Waals surface area contributed by atoms with E-state index in [9.17, 15) is 19.7 Å². The van der Waals surface area contributed by atoms with Crippen molar-refractivity contribution < 1.29 is 19.2 Å². The minimum atomic E-state index is -0.763. The van der Waals surface area contributed by atoms with Gasteiger partial charge in [-0.3, -0.25) is 14.9 Å². The predicted octanol–water partition coefficient (Wildman–Crippen LogP) is 4.17. The largest absolute Gasteiger partial charge is 0.452 e. The summed E-state index contributed by atoms with van der Waals surface area (Å²) < 4.78 is 5.96. The molecule has 2 aromatic rings. The smallest absolute Gasteiger partial charge is 0.340 e. The van der Waals surface area contributed by atoms with Crippen LogP contribution in [0.15, 0.2) is 32.8 Å². The Morgan fingerprint density at radius 2 is 2.03 bits per heavy atom. The number of likely N-dealkylation sites (tertiary alicyclic amines) is 1. The van der Waals surface area contributed by atoms with E-state index in [1.54, 1.807) is 4.90 Å². The minimum Gasteiger partial charge on any atom is -0.452 e. The number of carbonyl (C=O) groups excluding carboxylic acids is 2. The topological polar surface area (TPSA) is 103 Å². The molecule has 2 unspecified atom stereocenters. The normalized spacial score (nSPS) is 18.8. The van der Waals surface area contributed by atoms with Crippen LogP contribution in [-0.4, -0.2) is 46.4 Å². The Labute approximate surface area is 182 Å². The van der Waals surface area contributed by atoms with Crippen molar-refractivity contribution in [3.8, 4) is 0 Å². The van der Waals surface area contributed by atoms with Crippen molar-refractivity contribution in [2.45, 2.75) is 36.4 Å². The first-order chi connectivity index (χ1) is 14.2. The quantitative estimate of drug-likeness (QED) is 0.370. The number of benzene rings is 1.